The van der Waals surface area contributed by atoms with Crippen LogP contribution in [0.15, 0.2) is 48.7 Å². The van der Waals surface area contributed by atoms with Crippen molar-refractivity contribution in [3.8, 4) is 10.6 Å². The molecule has 0 bridgehead atoms. The summed E-state index contributed by atoms with van der Waals surface area (Å²) in [7, 11) is 1.84. The maximum atomic E-state index is 13.1. The summed E-state index contributed by atoms with van der Waals surface area (Å²) >= 11 is 1.66. The summed E-state index contributed by atoms with van der Waals surface area (Å²) in [6, 6.07) is 13.5. The molecule has 5 heteroatoms. The fraction of sp³-hybridized carbons (Fsp3) is 0.286. The first-order valence-corrected chi connectivity index (χ1v) is 9.55. The van der Waals surface area contributed by atoms with Crippen molar-refractivity contribution in [3.63, 3.8) is 0 Å². The molecule has 0 unspecified atom stereocenters. The quantitative estimate of drug-likeness (QED) is 0.636. The van der Waals surface area contributed by atoms with Gasteiger partial charge in [-0.15, -0.1) is 11.3 Å². The van der Waals surface area contributed by atoms with Gasteiger partial charge in [0.2, 0.25) is 0 Å². The fourth-order valence-corrected chi connectivity index (χ4v) is 3.89. The van der Waals surface area contributed by atoms with Crippen molar-refractivity contribution in [2.45, 2.75) is 33.2 Å². The first kappa shape index (κ1) is 18.3. The number of thiazole rings is 1. The van der Waals surface area contributed by atoms with Gasteiger partial charge in [-0.05, 0) is 44.5 Å². The highest BCUT2D eigenvalue weighted by atomic mass is 32.1. The van der Waals surface area contributed by atoms with Crippen molar-refractivity contribution < 1.29 is 4.79 Å². The third-order valence-corrected chi connectivity index (χ3v) is 5.71. The summed E-state index contributed by atoms with van der Waals surface area (Å²) in [5.41, 5.74) is 3.61. The van der Waals surface area contributed by atoms with Crippen LogP contribution in [0, 0.1) is 13.8 Å². The van der Waals surface area contributed by atoms with Gasteiger partial charge in [0.1, 0.15) is 5.01 Å². The molecular weight excluding hydrogens is 342 g/mol. The molecular formula is C21H23N3OS. The molecule has 0 spiro atoms. The Morgan fingerprint density at radius 1 is 1.19 bits per heavy atom. The molecule has 2 aromatic heterocycles. The highest BCUT2D eigenvalue weighted by Crippen LogP contribution is 2.29. The van der Waals surface area contributed by atoms with Gasteiger partial charge < -0.3 is 4.90 Å². The number of hydrogen-bond donors (Lipinski definition) is 0. The minimum absolute atomic E-state index is 0.00523. The predicted octanol–water partition coefficient (Wildman–Crippen LogP) is 5.05. The summed E-state index contributed by atoms with van der Waals surface area (Å²) < 4.78 is 0. The van der Waals surface area contributed by atoms with Crippen molar-refractivity contribution >= 4 is 17.2 Å². The minimum Gasteiger partial charge on any atom is -0.333 e. The van der Waals surface area contributed by atoms with E-state index in [4.69, 9.17) is 0 Å². The molecule has 134 valence electrons. The van der Waals surface area contributed by atoms with E-state index in [9.17, 15) is 4.79 Å². The zero-order valence-electron chi connectivity index (χ0n) is 15.6. The van der Waals surface area contributed by atoms with Gasteiger partial charge in [0.05, 0.1) is 17.4 Å². The molecule has 0 fully saturated rings. The Hall–Kier alpha value is -2.53. The number of amides is 1. The molecule has 0 radical (unpaired) electrons. The third kappa shape index (κ3) is 3.68. The van der Waals surface area contributed by atoms with Gasteiger partial charge in [-0.25, -0.2) is 4.98 Å². The van der Waals surface area contributed by atoms with Crippen LogP contribution in [0.4, 0.5) is 0 Å². The molecule has 0 aliphatic rings. The van der Waals surface area contributed by atoms with Crippen LogP contribution in [-0.4, -0.2) is 27.8 Å². The third-order valence-electron chi connectivity index (χ3n) is 4.59. The Balaban J connectivity index is 1.88. The first-order valence-electron chi connectivity index (χ1n) is 8.73. The average molecular weight is 366 g/mol. The van der Waals surface area contributed by atoms with Crippen molar-refractivity contribution in [3.05, 3.63) is 70.5 Å². The second-order valence-corrected chi connectivity index (χ2v) is 7.54. The van der Waals surface area contributed by atoms with E-state index in [2.05, 4.69) is 23.8 Å². The molecule has 0 saturated heterocycles. The SMILES string of the molecule is CC[C@H](c1ccccn1)N(C)C(=O)c1cccc(-c2nc(C)c(C)s2)c1. The first-order chi connectivity index (χ1) is 12.5. The normalized spacial score (nSPS) is 12.0. The van der Waals surface area contributed by atoms with Gasteiger partial charge in [0.15, 0.2) is 0 Å². The zero-order chi connectivity index (χ0) is 18.7. The van der Waals surface area contributed by atoms with E-state index in [-0.39, 0.29) is 11.9 Å². The molecule has 1 atom stereocenters. The van der Waals surface area contributed by atoms with Gasteiger partial charge in [-0.3, -0.25) is 9.78 Å². The summed E-state index contributed by atoms with van der Waals surface area (Å²) in [6.45, 7) is 6.15. The summed E-state index contributed by atoms with van der Waals surface area (Å²) in [5.74, 6) is -0.00523. The number of hydrogen-bond acceptors (Lipinski definition) is 4. The van der Waals surface area contributed by atoms with E-state index in [0.717, 1.165) is 28.4 Å². The number of rotatable bonds is 5. The van der Waals surface area contributed by atoms with E-state index in [1.807, 2.05) is 56.4 Å². The Bertz CT molecular complexity index is 885. The molecule has 3 rings (SSSR count). The van der Waals surface area contributed by atoms with Crippen molar-refractivity contribution in [2.75, 3.05) is 7.05 Å². The maximum Gasteiger partial charge on any atom is 0.254 e. The van der Waals surface area contributed by atoms with E-state index >= 15 is 0 Å². The summed E-state index contributed by atoms with van der Waals surface area (Å²) in [6.07, 6.45) is 2.58. The lowest BCUT2D eigenvalue weighted by Gasteiger charge is -2.27. The van der Waals surface area contributed by atoms with E-state index < -0.39 is 0 Å². The van der Waals surface area contributed by atoms with Gasteiger partial charge in [0, 0.05) is 29.2 Å². The van der Waals surface area contributed by atoms with E-state index in [1.54, 1.807) is 22.4 Å². The lowest BCUT2D eigenvalue weighted by atomic mass is 10.1. The number of carbonyl (C=O) groups is 1. The molecule has 0 N–H and O–H groups in total. The van der Waals surface area contributed by atoms with Crippen molar-refractivity contribution in [2.24, 2.45) is 0 Å². The maximum absolute atomic E-state index is 13.1. The molecule has 0 saturated carbocycles. The van der Waals surface area contributed by atoms with Crippen LogP contribution in [-0.2, 0) is 0 Å². The van der Waals surface area contributed by atoms with Gasteiger partial charge in [-0.1, -0.05) is 25.1 Å². The number of benzene rings is 1. The van der Waals surface area contributed by atoms with E-state index in [0.29, 0.717) is 5.56 Å². The molecule has 0 aliphatic heterocycles. The largest absolute Gasteiger partial charge is 0.333 e. The molecule has 4 nitrogen and oxygen atoms in total. The number of aryl methyl sites for hydroxylation is 2. The highest BCUT2D eigenvalue weighted by Gasteiger charge is 2.22. The van der Waals surface area contributed by atoms with E-state index in [1.165, 1.54) is 4.88 Å². The number of pyridine rings is 1. The number of nitrogens with zero attached hydrogens (tertiary/aromatic N) is 3. The summed E-state index contributed by atoms with van der Waals surface area (Å²) in [5, 5.41) is 0.953. The molecule has 3 aromatic rings. The Morgan fingerprint density at radius 3 is 2.62 bits per heavy atom. The van der Waals surface area contributed by atoms with Crippen LogP contribution in [0.25, 0.3) is 10.6 Å². The van der Waals surface area contributed by atoms with Crippen LogP contribution < -0.4 is 0 Å². The molecule has 0 aliphatic carbocycles. The smallest absolute Gasteiger partial charge is 0.254 e. The molecule has 26 heavy (non-hydrogen) atoms. The van der Waals surface area contributed by atoms with Gasteiger partial charge in [-0.2, -0.15) is 0 Å². The van der Waals surface area contributed by atoms with Gasteiger partial charge >= 0.3 is 0 Å². The number of carbonyl (C=O) groups excluding carboxylic acids is 1. The van der Waals surface area contributed by atoms with Gasteiger partial charge in [0.25, 0.3) is 5.91 Å². The van der Waals surface area contributed by atoms with Crippen molar-refractivity contribution in [1.29, 1.82) is 0 Å². The van der Waals surface area contributed by atoms with Crippen LogP contribution in [0.2, 0.25) is 0 Å². The second kappa shape index (κ2) is 7.79. The Kier molecular flexibility index (Phi) is 5.47. The molecule has 2 heterocycles. The second-order valence-electron chi connectivity index (χ2n) is 6.34. The predicted molar refractivity (Wildman–Crippen MR) is 106 cm³/mol. The fourth-order valence-electron chi connectivity index (χ4n) is 2.98. The van der Waals surface area contributed by atoms with Crippen LogP contribution in [0.5, 0.6) is 0 Å². The Morgan fingerprint density at radius 2 is 2.00 bits per heavy atom. The molecule has 1 aromatic carbocycles. The summed E-state index contributed by atoms with van der Waals surface area (Å²) in [4.78, 5) is 25.1. The molecule has 1 amide bonds. The van der Waals surface area contributed by atoms with Crippen LogP contribution in [0.1, 0.15) is 46.0 Å². The topological polar surface area (TPSA) is 46.1 Å². The zero-order valence-corrected chi connectivity index (χ0v) is 16.4. The number of aromatic nitrogens is 2. The lowest BCUT2D eigenvalue weighted by molar-refractivity contribution is 0.0723. The van der Waals surface area contributed by atoms with Crippen LogP contribution >= 0.6 is 11.3 Å². The average Bonchev–Trinajstić information content (AvgIpc) is 3.01. The van der Waals surface area contributed by atoms with Crippen molar-refractivity contribution in [1.82, 2.24) is 14.9 Å². The lowest BCUT2D eigenvalue weighted by Crippen LogP contribution is -2.31. The standard InChI is InChI=1S/C21H23N3OS/c1-5-19(18-11-6-7-12-22-18)24(4)21(25)17-10-8-9-16(13-17)20-23-14(2)15(3)26-20/h6-13,19H,5H2,1-4H3/t19-/m1/s1. The minimum atomic E-state index is -0.0447. The monoisotopic (exact) mass is 365 g/mol. The van der Waals surface area contributed by atoms with Crippen LogP contribution in [0.3, 0.4) is 0 Å². The Labute approximate surface area is 158 Å². The highest BCUT2D eigenvalue weighted by molar-refractivity contribution is 7.15.